The fraction of sp³-hybridized carbons (Fsp3) is 0.538. The zero-order chi connectivity index (χ0) is 12.7. The smallest absolute Gasteiger partial charge is 0.133 e. The third kappa shape index (κ3) is 5.06. The molecule has 4 heteroatoms. The molecule has 0 aliphatic rings. The summed E-state index contributed by atoms with van der Waals surface area (Å²) in [7, 11) is 1.67. The van der Waals surface area contributed by atoms with E-state index in [1.54, 1.807) is 7.11 Å². The number of halogens is 1. The van der Waals surface area contributed by atoms with E-state index in [2.05, 4.69) is 40.3 Å². The lowest BCUT2D eigenvalue weighted by Gasteiger charge is -2.10. The molecule has 0 bridgehead atoms. The van der Waals surface area contributed by atoms with Crippen LogP contribution in [0.1, 0.15) is 18.9 Å². The summed E-state index contributed by atoms with van der Waals surface area (Å²) in [6.45, 7) is 4.81. The van der Waals surface area contributed by atoms with E-state index in [1.165, 1.54) is 5.56 Å². The molecular weight excluding hydrogens is 280 g/mol. The predicted octanol–water partition coefficient (Wildman–Crippen LogP) is 2.53. The van der Waals surface area contributed by atoms with Crippen LogP contribution in [0.5, 0.6) is 5.75 Å². The van der Waals surface area contributed by atoms with E-state index < -0.39 is 0 Å². The van der Waals surface area contributed by atoms with Crippen molar-refractivity contribution in [2.45, 2.75) is 19.9 Å². The van der Waals surface area contributed by atoms with Crippen LogP contribution in [0.25, 0.3) is 0 Å². The van der Waals surface area contributed by atoms with E-state index >= 15 is 0 Å². The number of hydrogen-bond donors (Lipinski definition) is 2. The molecule has 1 atom stereocenters. The third-order valence-corrected chi connectivity index (χ3v) is 3.38. The Morgan fingerprint density at radius 1 is 1.47 bits per heavy atom. The van der Waals surface area contributed by atoms with Crippen molar-refractivity contribution >= 4 is 15.9 Å². The largest absolute Gasteiger partial charge is 0.496 e. The molecule has 0 radical (unpaired) electrons. The molecular formula is C13H21BrN2O. The van der Waals surface area contributed by atoms with Crippen LogP contribution in [-0.4, -0.2) is 20.2 Å². The summed E-state index contributed by atoms with van der Waals surface area (Å²) >= 11 is 3.48. The van der Waals surface area contributed by atoms with Gasteiger partial charge in [-0.15, -0.1) is 0 Å². The molecule has 1 unspecified atom stereocenters. The van der Waals surface area contributed by atoms with E-state index in [0.29, 0.717) is 5.92 Å². The highest BCUT2D eigenvalue weighted by Gasteiger charge is 2.02. The number of benzene rings is 1. The molecule has 0 spiro atoms. The molecule has 1 rings (SSSR count). The van der Waals surface area contributed by atoms with Crippen molar-refractivity contribution in [1.29, 1.82) is 0 Å². The van der Waals surface area contributed by atoms with Gasteiger partial charge in [-0.25, -0.2) is 0 Å². The lowest BCUT2D eigenvalue weighted by atomic mass is 10.1. The topological polar surface area (TPSA) is 47.3 Å². The first kappa shape index (κ1) is 14.5. The second-order valence-corrected chi connectivity index (χ2v) is 5.13. The number of nitrogens with one attached hydrogen (secondary N) is 1. The van der Waals surface area contributed by atoms with Gasteiger partial charge in [-0.1, -0.05) is 13.0 Å². The summed E-state index contributed by atoms with van der Waals surface area (Å²) in [5.74, 6) is 1.45. The Morgan fingerprint density at radius 3 is 2.82 bits per heavy atom. The summed E-state index contributed by atoms with van der Waals surface area (Å²) in [5, 5.41) is 3.41. The van der Waals surface area contributed by atoms with Crippen LogP contribution in [0.3, 0.4) is 0 Å². The highest BCUT2D eigenvalue weighted by molar-refractivity contribution is 9.10. The maximum atomic E-state index is 5.57. The zero-order valence-electron chi connectivity index (χ0n) is 10.5. The van der Waals surface area contributed by atoms with Crippen molar-refractivity contribution in [3.8, 4) is 5.75 Å². The quantitative estimate of drug-likeness (QED) is 0.761. The minimum absolute atomic E-state index is 0.588. The lowest BCUT2D eigenvalue weighted by molar-refractivity contribution is 0.412. The van der Waals surface area contributed by atoms with Crippen LogP contribution in [0.15, 0.2) is 22.7 Å². The third-order valence-electron chi connectivity index (χ3n) is 2.76. The first-order valence-electron chi connectivity index (χ1n) is 5.90. The number of hydrogen-bond acceptors (Lipinski definition) is 3. The fourth-order valence-electron chi connectivity index (χ4n) is 1.52. The van der Waals surface area contributed by atoms with Crippen LogP contribution in [0, 0.1) is 5.92 Å². The first-order valence-corrected chi connectivity index (χ1v) is 6.70. The molecule has 0 amide bonds. The van der Waals surface area contributed by atoms with Crippen molar-refractivity contribution in [3.05, 3.63) is 28.2 Å². The number of ether oxygens (including phenoxy) is 1. The van der Waals surface area contributed by atoms with E-state index in [4.69, 9.17) is 10.5 Å². The highest BCUT2D eigenvalue weighted by atomic mass is 79.9. The monoisotopic (exact) mass is 300 g/mol. The number of methoxy groups -OCH3 is 1. The molecule has 1 aromatic rings. The van der Waals surface area contributed by atoms with Gasteiger partial charge in [-0.05, 0) is 59.1 Å². The Balaban J connectivity index is 2.34. The van der Waals surface area contributed by atoms with E-state index in [1.807, 2.05) is 6.07 Å². The van der Waals surface area contributed by atoms with Crippen LogP contribution in [0.2, 0.25) is 0 Å². The van der Waals surface area contributed by atoms with Gasteiger partial charge in [0.2, 0.25) is 0 Å². The summed E-state index contributed by atoms with van der Waals surface area (Å²) in [6.07, 6.45) is 1.12. The summed E-state index contributed by atoms with van der Waals surface area (Å²) in [5.41, 5.74) is 6.82. The molecule has 0 saturated carbocycles. The van der Waals surface area contributed by atoms with Crippen molar-refractivity contribution in [1.82, 2.24) is 5.32 Å². The van der Waals surface area contributed by atoms with Crippen molar-refractivity contribution < 1.29 is 4.74 Å². The molecule has 0 aliphatic heterocycles. The summed E-state index contributed by atoms with van der Waals surface area (Å²) in [4.78, 5) is 0. The average Bonchev–Trinajstić information content (AvgIpc) is 2.34. The Hall–Kier alpha value is -0.580. The van der Waals surface area contributed by atoms with E-state index in [-0.39, 0.29) is 0 Å². The van der Waals surface area contributed by atoms with Crippen LogP contribution in [0.4, 0.5) is 0 Å². The molecule has 3 N–H and O–H groups in total. The second kappa shape index (κ2) is 7.69. The molecule has 0 saturated heterocycles. The second-order valence-electron chi connectivity index (χ2n) is 4.28. The minimum Gasteiger partial charge on any atom is -0.496 e. The summed E-state index contributed by atoms with van der Waals surface area (Å²) in [6, 6.07) is 6.13. The molecule has 0 aliphatic carbocycles. The Kier molecular flexibility index (Phi) is 6.55. The van der Waals surface area contributed by atoms with Gasteiger partial charge >= 0.3 is 0 Å². The van der Waals surface area contributed by atoms with Crippen LogP contribution < -0.4 is 15.8 Å². The number of nitrogens with two attached hydrogens (primary N) is 1. The molecule has 0 aromatic heterocycles. The van der Waals surface area contributed by atoms with Crippen molar-refractivity contribution in [2.75, 3.05) is 20.2 Å². The standard InChI is InChI=1S/C13H21BrN2O/c1-10(8-15)5-6-16-9-11-3-4-13(17-2)12(14)7-11/h3-4,7,10,16H,5-6,8-9,15H2,1-2H3. The maximum Gasteiger partial charge on any atom is 0.133 e. The Morgan fingerprint density at radius 2 is 2.24 bits per heavy atom. The van der Waals surface area contributed by atoms with Crippen LogP contribution >= 0.6 is 15.9 Å². The van der Waals surface area contributed by atoms with Crippen LogP contribution in [-0.2, 0) is 6.54 Å². The van der Waals surface area contributed by atoms with E-state index in [9.17, 15) is 0 Å². The summed E-state index contributed by atoms with van der Waals surface area (Å²) < 4.78 is 6.19. The SMILES string of the molecule is COc1ccc(CNCCC(C)CN)cc1Br. The Labute approximate surface area is 112 Å². The lowest BCUT2D eigenvalue weighted by Crippen LogP contribution is -2.20. The van der Waals surface area contributed by atoms with Gasteiger partial charge in [0.15, 0.2) is 0 Å². The normalized spacial score (nSPS) is 12.5. The minimum atomic E-state index is 0.588. The van der Waals surface area contributed by atoms with Crippen molar-refractivity contribution in [3.63, 3.8) is 0 Å². The van der Waals surface area contributed by atoms with Gasteiger partial charge in [0.1, 0.15) is 5.75 Å². The van der Waals surface area contributed by atoms with Gasteiger partial charge in [0, 0.05) is 6.54 Å². The van der Waals surface area contributed by atoms with Gasteiger partial charge in [0.25, 0.3) is 0 Å². The molecule has 1 aromatic carbocycles. The van der Waals surface area contributed by atoms with Gasteiger partial charge in [-0.2, -0.15) is 0 Å². The highest BCUT2D eigenvalue weighted by Crippen LogP contribution is 2.25. The molecule has 3 nitrogen and oxygen atoms in total. The molecule has 17 heavy (non-hydrogen) atoms. The Bertz CT molecular complexity index is 344. The van der Waals surface area contributed by atoms with Gasteiger partial charge in [-0.3, -0.25) is 0 Å². The first-order chi connectivity index (χ1) is 8.17. The molecule has 0 fully saturated rings. The van der Waals surface area contributed by atoms with Crippen molar-refractivity contribution in [2.24, 2.45) is 11.7 Å². The van der Waals surface area contributed by atoms with E-state index in [0.717, 1.165) is 36.3 Å². The zero-order valence-corrected chi connectivity index (χ0v) is 12.1. The predicted molar refractivity (Wildman–Crippen MR) is 75.2 cm³/mol. The fourth-order valence-corrected chi connectivity index (χ4v) is 2.11. The molecule has 96 valence electrons. The maximum absolute atomic E-state index is 5.57. The number of rotatable bonds is 7. The van der Waals surface area contributed by atoms with Gasteiger partial charge in [0.05, 0.1) is 11.6 Å². The van der Waals surface area contributed by atoms with Gasteiger partial charge < -0.3 is 15.8 Å². The average molecular weight is 301 g/mol. The molecule has 0 heterocycles.